The van der Waals surface area contributed by atoms with Crippen molar-refractivity contribution in [3.05, 3.63) is 52.2 Å². The minimum Gasteiger partial charge on any atom is -0.353 e. The molecule has 0 unspecified atom stereocenters. The van der Waals surface area contributed by atoms with Gasteiger partial charge in [-0.25, -0.2) is 0 Å². The van der Waals surface area contributed by atoms with Gasteiger partial charge in [-0.15, -0.1) is 23.7 Å². The summed E-state index contributed by atoms with van der Waals surface area (Å²) in [5.74, 6) is -0.0416. The van der Waals surface area contributed by atoms with Gasteiger partial charge in [0.25, 0.3) is 0 Å². The molecule has 1 aromatic carbocycles. The lowest BCUT2D eigenvalue weighted by atomic mass is 9.72. The fourth-order valence-electron chi connectivity index (χ4n) is 5.49. The first-order valence-corrected chi connectivity index (χ1v) is 14.0. The maximum atomic E-state index is 13.7. The first kappa shape index (κ1) is 29.1. The molecule has 2 heterocycles. The van der Waals surface area contributed by atoms with Gasteiger partial charge in [0.1, 0.15) is 0 Å². The molecule has 0 radical (unpaired) electrons. The van der Waals surface area contributed by atoms with Gasteiger partial charge in [-0.1, -0.05) is 37.5 Å². The second-order valence-corrected chi connectivity index (χ2v) is 11.4. The number of nitrogens with two attached hydrogens (primary N) is 1. The zero-order valence-corrected chi connectivity index (χ0v) is 23.2. The summed E-state index contributed by atoms with van der Waals surface area (Å²) in [6.07, 6.45) is 7.99. The van der Waals surface area contributed by atoms with Crippen molar-refractivity contribution in [1.82, 2.24) is 10.2 Å². The Labute approximate surface area is 230 Å². The van der Waals surface area contributed by atoms with Crippen LogP contribution in [-0.4, -0.2) is 47.8 Å². The van der Waals surface area contributed by atoms with Crippen molar-refractivity contribution in [3.8, 4) is 0 Å². The maximum Gasteiger partial charge on any atom is 0.239 e. The van der Waals surface area contributed by atoms with Crippen LogP contribution in [0.5, 0.6) is 0 Å². The smallest absolute Gasteiger partial charge is 0.239 e. The molecule has 1 saturated carbocycles. The lowest BCUT2D eigenvalue weighted by Crippen LogP contribution is -2.55. The van der Waals surface area contributed by atoms with Crippen molar-refractivity contribution in [2.75, 3.05) is 18.4 Å². The molecule has 7 nitrogen and oxygen atoms in total. The second-order valence-electron chi connectivity index (χ2n) is 10.4. The molecule has 9 heteroatoms. The predicted octanol–water partition coefficient (Wildman–Crippen LogP) is 4.30. The minimum atomic E-state index is -0.568. The lowest BCUT2D eigenvalue weighted by molar-refractivity contribution is -0.141. The number of carbonyl (C=O) groups excluding carboxylic acids is 3. The third-order valence-electron chi connectivity index (χ3n) is 7.59. The van der Waals surface area contributed by atoms with Gasteiger partial charge in [0.2, 0.25) is 17.7 Å². The highest BCUT2D eigenvalue weighted by molar-refractivity contribution is 7.09. The molecule has 1 aromatic heterocycles. The quantitative estimate of drug-likeness (QED) is 0.459. The van der Waals surface area contributed by atoms with E-state index in [1.807, 2.05) is 46.7 Å². The van der Waals surface area contributed by atoms with Crippen LogP contribution in [0.1, 0.15) is 62.3 Å². The molecule has 2 aromatic rings. The lowest BCUT2D eigenvalue weighted by Gasteiger charge is -2.42. The van der Waals surface area contributed by atoms with Crippen LogP contribution in [0.2, 0.25) is 0 Å². The molecule has 1 saturated heterocycles. The summed E-state index contributed by atoms with van der Waals surface area (Å²) in [5, 5.41) is 8.15. The van der Waals surface area contributed by atoms with Crippen LogP contribution in [0, 0.1) is 5.41 Å². The number of thiophene rings is 1. The summed E-state index contributed by atoms with van der Waals surface area (Å²) in [7, 11) is 0. The Morgan fingerprint density at radius 3 is 2.35 bits per heavy atom. The molecular weight excluding hydrogens is 508 g/mol. The third kappa shape index (κ3) is 7.79. The molecule has 4 N–H and O–H groups in total. The third-order valence-corrected chi connectivity index (χ3v) is 8.49. The van der Waals surface area contributed by atoms with Gasteiger partial charge < -0.3 is 21.3 Å². The van der Waals surface area contributed by atoms with Gasteiger partial charge in [0.15, 0.2) is 0 Å². The van der Waals surface area contributed by atoms with Crippen molar-refractivity contribution in [2.45, 2.75) is 76.8 Å². The van der Waals surface area contributed by atoms with E-state index in [0.717, 1.165) is 41.8 Å². The maximum absolute atomic E-state index is 13.7. The standard InChI is InChI=1S/C28H38N4O3S.ClH/c1-20(33)30-23-11-9-21(10-12-23)19-28(27(35)31-22-6-3-2-4-7-22)13-15-32(16-14-28)26(34)25(29)18-24-8-5-17-36-24;/h5,8-12,17,22,25H,2-4,6-7,13-16,18-19,29H2,1H3,(H,30,33)(H,31,35);1H/t25-;/m0./s1. The molecule has 1 atom stereocenters. The van der Waals surface area contributed by atoms with Crippen LogP contribution in [-0.2, 0) is 27.2 Å². The molecule has 1 aliphatic carbocycles. The van der Waals surface area contributed by atoms with E-state index in [1.54, 1.807) is 11.3 Å². The van der Waals surface area contributed by atoms with Gasteiger partial charge in [0, 0.05) is 43.0 Å². The van der Waals surface area contributed by atoms with E-state index in [0.29, 0.717) is 38.8 Å². The topological polar surface area (TPSA) is 105 Å². The number of hydrogen-bond acceptors (Lipinski definition) is 5. The molecule has 0 bridgehead atoms. The summed E-state index contributed by atoms with van der Waals surface area (Å²) >= 11 is 1.61. The second kappa shape index (κ2) is 13.4. The van der Waals surface area contributed by atoms with Gasteiger partial charge in [-0.05, 0) is 61.2 Å². The van der Waals surface area contributed by atoms with E-state index in [9.17, 15) is 14.4 Å². The fourth-order valence-corrected chi connectivity index (χ4v) is 6.26. The molecule has 4 rings (SSSR count). The predicted molar refractivity (Wildman–Crippen MR) is 151 cm³/mol. The van der Waals surface area contributed by atoms with Gasteiger partial charge >= 0.3 is 0 Å². The van der Waals surface area contributed by atoms with E-state index < -0.39 is 11.5 Å². The number of rotatable bonds is 8. The van der Waals surface area contributed by atoms with Crippen LogP contribution in [0.25, 0.3) is 0 Å². The molecule has 2 fully saturated rings. The number of nitrogens with zero attached hydrogens (tertiary/aromatic N) is 1. The number of amides is 3. The summed E-state index contributed by atoms with van der Waals surface area (Å²) in [6.45, 7) is 2.54. The number of nitrogens with one attached hydrogen (secondary N) is 2. The van der Waals surface area contributed by atoms with Gasteiger partial charge in [0.05, 0.1) is 11.5 Å². The molecule has 1 aliphatic heterocycles. The summed E-state index contributed by atoms with van der Waals surface area (Å²) < 4.78 is 0. The van der Waals surface area contributed by atoms with E-state index in [1.165, 1.54) is 13.3 Å². The van der Waals surface area contributed by atoms with Crippen molar-refractivity contribution >= 4 is 47.2 Å². The van der Waals surface area contributed by atoms with E-state index in [4.69, 9.17) is 5.73 Å². The molecule has 3 amide bonds. The van der Waals surface area contributed by atoms with Crippen LogP contribution in [0.3, 0.4) is 0 Å². The Morgan fingerprint density at radius 1 is 1.08 bits per heavy atom. The van der Waals surface area contributed by atoms with Crippen molar-refractivity contribution in [2.24, 2.45) is 11.1 Å². The van der Waals surface area contributed by atoms with Crippen molar-refractivity contribution in [3.63, 3.8) is 0 Å². The summed E-state index contributed by atoms with van der Waals surface area (Å²) in [6, 6.07) is 11.4. The summed E-state index contributed by atoms with van der Waals surface area (Å²) in [4.78, 5) is 41.1. The SMILES string of the molecule is CC(=O)Nc1ccc(CC2(C(=O)NC3CCCCC3)CCN(C(=O)[C@@H](N)Cc3cccs3)CC2)cc1.Cl. The normalized spacial score (nSPS) is 18.4. The average Bonchev–Trinajstić information content (AvgIpc) is 3.38. The zero-order chi connectivity index (χ0) is 25.5. The molecular formula is C28H39ClN4O3S. The number of halogens is 1. The Morgan fingerprint density at radius 2 is 1.76 bits per heavy atom. The van der Waals surface area contributed by atoms with E-state index in [2.05, 4.69) is 10.6 Å². The molecule has 202 valence electrons. The van der Waals surface area contributed by atoms with Crippen LogP contribution < -0.4 is 16.4 Å². The Kier molecular flexibility index (Phi) is 10.6. The van der Waals surface area contributed by atoms with E-state index in [-0.39, 0.29) is 36.2 Å². The van der Waals surface area contributed by atoms with Gasteiger partial charge in [-0.2, -0.15) is 0 Å². The van der Waals surface area contributed by atoms with Crippen molar-refractivity contribution in [1.29, 1.82) is 0 Å². The number of likely N-dealkylation sites (tertiary alicyclic amines) is 1. The zero-order valence-electron chi connectivity index (χ0n) is 21.5. The highest BCUT2D eigenvalue weighted by Crippen LogP contribution is 2.37. The fraction of sp³-hybridized carbons (Fsp3) is 0.536. The first-order valence-electron chi connectivity index (χ1n) is 13.1. The van der Waals surface area contributed by atoms with Crippen LogP contribution in [0.15, 0.2) is 41.8 Å². The summed E-state index contributed by atoms with van der Waals surface area (Å²) in [5.41, 5.74) is 7.50. The minimum absolute atomic E-state index is 0. The highest BCUT2D eigenvalue weighted by Gasteiger charge is 2.43. The molecule has 37 heavy (non-hydrogen) atoms. The van der Waals surface area contributed by atoms with Crippen LogP contribution >= 0.6 is 23.7 Å². The Bertz CT molecular complexity index is 1030. The number of hydrogen-bond donors (Lipinski definition) is 3. The highest BCUT2D eigenvalue weighted by atomic mass is 35.5. The number of piperidine rings is 1. The number of benzene rings is 1. The molecule has 2 aliphatic rings. The average molecular weight is 547 g/mol. The van der Waals surface area contributed by atoms with Gasteiger partial charge in [-0.3, -0.25) is 14.4 Å². The number of anilines is 1. The van der Waals surface area contributed by atoms with Crippen molar-refractivity contribution < 1.29 is 14.4 Å². The monoisotopic (exact) mass is 546 g/mol. The molecule has 0 spiro atoms. The van der Waals surface area contributed by atoms with Crippen LogP contribution in [0.4, 0.5) is 5.69 Å². The number of carbonyl (C=O) groups is 3. The Balaban J connectivity index is 0.00000380. The Hall–Kier alpha value is -2.42. The largest absolute Gasteiger partial charge is 0.353 e. The van der Waals surface area contributed by atoms with E-state index >= 15 is 0 Å². The first-order chi connectivity index (χ1) is 17.3.